The van der Waals surface area contributed by atoms with Gasteiger partial charge in [0.15, 0.2) is 0 Å². The minimum atomic E-state index is -1.98. The monoisotopic (exact) mass is 572 g/mol. The summed E-state index contributed by atoms with van der Waals surface area (Å²) in [4.78, 5) is 85.7. The van der Waals surface area contributed by atoms with E-state index in [1.54, 1.807) is 0 Å². The van der Waals surface area contributed by atoms with Crippen LogP contribution in [0.4, 0.5) is 5.69 Å². The summed E-state index contributed by atoms with van der Waals surface area (Å²) in [7, 11) is 3.45. The van der Waals surface area contributed by atoms with E-state index in [-0.39, 0.29) is 28.9 Å². The Morgan fingerprint density at radius 1 is 0.634 bits per heavy atom. The second-order valence-electron chi connectivity index (χ2n) is 8.24. The van der Waals surface area contributed by atoms with Gasteiger partial charge in [-0.05, 0) is 35.9 Å². The number of nitrogens with one attached hydrogen (secondary N) is 2. The van der Waals surface area contributed by atoms with Gasteiger partial charge in [-0.15, -0.1) is 0 Å². The summed E-state index contributed by atoms with van der Waals surface area (Å²) in [5.41, 5.74) is 0.446. The third-order valence-corrected chi connectivity index (χ3v) is 5.26. The van der Waals surface area contributed by atoms with Crippen LogP contribution in [-0.4, -0.2) is 75.2 Å². The van der Waals surface area contributed by atoms with Gasteiger partial charge in [-0.25, -0.2) is 14.4 Å². The summed E-state index contributed by atoms with van der Waals surface area (Å²) < 4.78 is 24.0. The molecule has 2 amide bonds. The van der Waals surface area contributed by atoms with Gasteiger partial charge in [0.05, 0.1) is 38.0 Å². The Morgan fingerprint density at radius 3 is 1.51 bits per heavy atom. The van der Waals surface area contributed by atoms with Crippen LogP contribution in [0.2, 0.25) is 0 Å². The quantitative estimate of drug-likeness (QED) is 0.289. The lowest BCUT2D eigenvalue weighted by Crippen LogP contribution is -2.51. The Morgan fingerprint density at radius 2 is 1.07 bits per heavy atom. The highest BCUT2D eigenvalue weighted by Gasteiger charge is 2.39. The highest BCUT2D eigenvalue weighted by Crippen LogP contribution is 2.19. The molecule has 2 N–H and O–H groups in total. The highest BCUT2D eigenvalue weighted by atomic mass is 16.6. The van der Waals surface area contributed by atoms with Gasteiger partial charge in [-0.2, -0.15) is 0 Å². The van der Waals surface area contributed by atoms with Gasteiger partial charge in [0.1, 0.15) is 0 Å². The third kappa shape index (κ3) is 9.16. The molecule has 2 aromatic rings. The first-order valence-corrected chi connectivity index (χ1v) is 11.8. The van der Waals surface area contributed by atoms with E-state index in [4.69, 9.17) is 9.47 Å². The molecule has 0 aromatic heterocycles. The van der Waals surface area contributed by atoms with Gasteiger partial charge in [0.2, 0.25) is 12.2 Å². The van der Waals surface area contributed by atoms with E-state index < -0.39 is 53.9 Å². The smallest absolute Gasteiger partial charge is 0.337 e. The number of carbonyl (C=O) groups excluding carboxylic acids is 7. The molecule has 2 rings (SSSR count). The number of benzene rings is 2. The minimum Gasteiger partial charge on any atom is -0.465 e. The minimum absolute atomic E-state index is 0.115. The summed E-state index contributed by atoms with van der Waals surface area (Å²) in [6.45, 7) is 1.84. The van der Waals surface area contributed by atoms with E-state index in [1.165, 1.54) is 49.6 Å². The number of ether oxygens (including phenoxy) is 5. The first-order valence-electron chi connectivity index (χ1n) is 11.8. The molecular formula is C27H28N2O12. The first kappa shape index (κ1) is 31.9. The second-order valence-corrected chi connectivity index (χ2v) is 8.24. The number of hydrogen-bond donors (Lipinski definition) is 2. The SMILES string of the molecule is COC(=O)c1ccc(CNC(=O)C(OC(C)=O)C(OC(C)=O)C(=O)Nc2cc(C(=O)OC)cc(C(=O)OC)c2)cc1. The maximum Gasteiger partial charge on any atom is 0.337 e. The van der Waals surface area contributed by atoms with Crippen molar-refractivity contribution in [1.82, 2.24) is 5.32 Å². The number of anilines is 1. The topological polar surface area (TPSA) is 190 Å². The van der Waals surface area contributed by atoms with Crippen molar-refractivity contribution >= 4 is 47.3 Å². The molecule has 0 aliphatic carbocycles. The molecule has 0 bridgehead atoms. The molecule has 0 fully saturated rings. The van der Waals surface area contributed by atoms with Gasteiger partial charge < -0.3 is 34.3 Å². The zero-order valence-electron chi connectivity index (χ0n) is 22.8. The molecule has 0 spiro atoms. The van der Waals surface area contributed by atoms with E-state index in [1.807, 2.05) is 0 Å². The Hall–Kier alpha value is -5.27. The summed E-state index contributed by atoms with van der Waals surface area (Å²) >= 11 is 0. The van der Waals surface area contributed by atoms with Crippen LogP contribution in [0.5, 0.6) is 0 Å². The van der Waals surface area contributed by atoms with Crippen LogP contribution in [0.15, 0.2) is 42.5 Å². The van der Waals surface area contributed by atoms with Crippen molar-refractivity contribution in [3.8, 4) is 0 Å². The lowest BCUT2D eigenvalue weighted by molar-refractivity contribution is -0.173. The predicted molar refractivity (Wildman–Crippen MR) is 138 cm³/mol. The molecule has 0 radical (unpaired) electrons. The fraction of sp³-hybridized carbons (Fsp3) is 0.296. The Balaban J connectivity index is 2.35. The van der Waals surface area contributed by atoms with Crippen LogP contribution >= 0.6 is 0 Å². The third-order valence-electron chi connectivity index (χ3n) is 5.26. The Labute approximate surface area is 234 Å². The molecule has 14 nitrogen and oxygen atoms in total. The van der Waals surface area contributed by atoms with Crippen molar-refractivity contribution in [2.75, 3.05) is 26.6 Å². The number of amides is 2. The number of esters is 5. The van der Waals surface area contributed by atoms with Crippen LogP contribution in [0.1, 0.15) is 50.5 Å². The molecule has 0 heterocycles. The van der Waals surface area contributed by atoms with Crippen molar-refractivity contribution in [2.45, 2.75) is 32.6 Å². The molecule has 0 aliphatic heterocycles. The van der Waals surface area contributed by atoms with Gasteiger partial charge in [0, 0.05) is 26.1 Å². The van der Waals surface area contributed by atoms with Gasteiger partial charge in [-0.1, -0.05) is 12.1 Å². The van der Waals surface area contributed by atoms with Crippen LogP contribution in [0.3, 0.4) is 0 Å². The van der Waals surface area contributed by atoms with E-state index in [0.717, 1.165) is 28.1 Å². The highest BCUT2D eigenvalue weighted by molar-refractivity contribution is 6.03. The van der Waals surface area contributed by atoms with E-state index >= 15 is 0 Å². The normalized spacial score (nSPS) is 11.6. The fourth-order valence-corrected chi connectivity index (χ4v) is 3.41. The van der Waals surface area contributed by atoms with Gasteiger partial charge in [0.25, 0.3) is 11.8 Å². The molecule has 0 saturated carbocycles. The number of rotatable bonds is 11. The van der Waals surface area contributed by atoms with Crippen molar-refractivity contribution in [3.05, 3.63) is 64.7 Å². The fourth-order valence-electron chi connectivity index (χ4n) is 3.41. The van der Waals surface area contributed by atoms with E-state index in [9.17, 15) is 33.6 Å². The van der Waals surface area contributed by atoms with Crippen LogP contribution in [-0.2, 0) is 49.4 Å². The molecule has 2 unspecified atom stereocenters. The number of methoxy groups -OCH3 is 3. The average molecular weight is 573 g/mol. The van der Waals surface area contributed by atoms with E-state index in [0.29, 0.717) is 5.56 Å². The zero-order valence-corrected chi connectivity index (χ0v) is 22.8. The van der Waals surface area contributed by atoms with Crippen LogP contribution in [0.25, 0.3) is 0 Å². The first-order chi connectivity index (χ1) is 19.4. The van der Waals surface area contributed by atoms with Crippen molar-refractivity contribution < 1.29 is 57.2 Å². The zero-order chi connectivity index (χ0) is 30.7. The van der Waals surface area contributed by atoms with E-state index in [2.05, 4.69) is 24.8 Å². The number of carbonyl (C=O) groups is 7. The summed E-state index contributed by atoms with van der Waals surface area (Å²) in [6.07, 6.45) is -3.92. The molecular weight excluding hydrogens is 544 g/mol. The second kappa shape index (κ2) is 14.8. The molecule has 218 valence electrons. The summed E-state index contributed by atoms with van der Waals surface area (Å²) in [5.74, 6) is -6.27. The lowest BCUT2D eigenvalue weighted by Gasteiger charge is -2.25. The molecule has 0 saturated heterocycles. The maximum absolute atomic E-state index is 13.2. The van der Waals surface area contributed by atoms with Crippen LogP contribution in [0, 0.1) is 0 Å². The van der Waals surface area contributed by atoms with Crippen molar-refractivity contribution in [2.24, 2.45) is 0 Å². The summed E-state index contributed by atoms with van der Waals surface area (Å²) in [5, 5.41) is 4.82. The van der Waals surface area contributed by atoms with Crippen molar-refractivity contribution in [1.29, 1.82) is 0 Å². The van der Waals surface area contributed by atoms with Gasteiger partial charge in [-0.3, -0.25) is 19.2 Å². The maximum atomic E-state index is 13.2. The number of hydrogen-bond acceptors (Lipinski definition) is 12. The predicted octanol–water partition coefficient (Wildman–Crippen LogP) is 1.16. The van der Waals surface area contributed by atoms with Crippen LogP contribution < -0.4 is 10.6 Å². The lowest BCUT2D eigenvalue weighted by atomic mass is 10.1. The Bertz CT molecular complexity index is 1300. The standard InChI is InChI=1S/C27H28N2O12/c1-14(30)40-21(23(32)28-13-16-6-8-17(9-7-16)25(34)37-3)22(41-15(2)31)24(33)29-20-11-18(26(35)38-4)10-19(12-20)27(36)39-5/h6-12,21-22H,13H2,1-5H3,(H,28,32)(H,29,33). The largest absolute Gasteiger partial charge is 0.465 e. The van der Waals surface area contributed by atoms with Crippen molar-refractivity contribution in [3.63, 3.8) is 0 Å². The molecule has 41 heavy (non-hydrogen) atoms. The molecule has 0 aliphatic rings. The summed E-state index contributed by atoms with van der Waals surface area (Å²) in [6, 6.07) is 9.52. The van der Waals surface area contributed by atoms with Gasteiger partial charge >= 0.3 is 29.8 Å². The average Bonchev–Trinajstić information content (AvgIpc) is 2.95. The Kier molecular flexibility index (Phi) is 11.5. The molecule has 2 atom stereocenters. The molecule has 14 heteroatoms. The molecule has 2 aromatic carbocycles.